The van der Waals surface area contributed by atoms with Crippen molar-refractivity contribution in [3.63, 3.8) is 0 Å². The number of aromatic nitrogens is 1. The molecular weight excluding hydrogens is 238 g/mol. The van der Waals surface area contributed by atoms with Crippen molar-refractivity contribution in [3.8, 4) is 5.75 Å². The van der Waals surface area contributed by atoms with Gasteiger partial charge in [0.1, 0.15) is 12.4 Å². The second-order valence-electron chi connectivity index (χ2n) is 4.51. The highest BCUT2D eigenvalue weighted by molar-refractivity contribution is 5.43. The largest absolute Gasteiger partial charge is 0.492 e. The fraction of sp³-hybridized carbons (Fsp3) is 0.267. The van der Waals surface area contributed by atoms with Gasteiger partial charge in [-0.05, 0) is 36.9 Å². The van der Waals surface area contributed by atoms with E-state index in [1.165, 1.54) is 5.56 Å². The van der Waals surface area contributed by atoms with Crippen LogP contribution in [0.3, 0.4) is 0 Å². The van der Waals surface area contributed by atoms with E-state index in [9.17, 15) is 0 Å². The summed E-state index contributed by atoms with van der Waals surface area (Å²) in [6, 6.07) is 11.5. The van der Waals surface area contributed by atoms with Gasteiger partial charge in [-0.3, -0.25) is 9.88 Å². The van der Waals surface area contributed by atoms with E-state index in [1.807, 2.05) is 48.8 Å². The Balaban J connectivity index is 1.73. The second kappa shape index (κ2) is 6.75. The zero-order valence-corrected chi connectivity index (χ0v) is 11.1. The van der Waals surface area contributed by atoms with E-state index >= 15 is 0 Å². The summed E-state index contributed by atoms with van der Waals surface area (Å²) in [7, 11) is 2.07. The van der Waals surface area contributed by atoms with Crippen molar-refractivity contribution in [3.05, 3.63) is 54.4 Å². The van der Waals surface area contributed by atoms with Crippen molar-refractivity contribution in [1.29, 1.82) is 0 Å². The molecule has 1 heterocycles. The third kappa shape index (κ3) is 4.60. The van der Waals surface area contributed by atoms with Gasteiger partial charge in [-0.15, -0.1) is 0 Å². The van der Waals surface area contributed by atoms with Crippen LogP contribution in [0.2, 0.25) is 0 Å². The maximum Gasteiger partial charge on any atom is 0.121 e. The van der Waals surface area contributed by atoms with Crippen LogP contribution in [0.25, 0.3) is 0 Å². The van der Waals surface area contributed by atoms with Gasteiger partial charge in [0, 0.05) is 37.2 Å². The Kier molecular flexibility index (Phi) is 4.75. The number of nitrogen functional groups attached to an aromatic ring is 1. The first kappa shape index (κ1) is 13.4. The van der Waals surface area contributed by atoms with Gasteiger partial charge in [0.15, 0.2) is 0 Å². The van der Waals surface area contributed by atoms with Crippen LogP contribution in [-0.4, -0.2) is 30.1 Å². The molecular formula is C15H19N3O. The molecule has 0 aliphatic rings. The van der Waals surface area contributed by atoms with Gasteiger partial charge < -0.3 is 10.5 Å². The van der Waals surface area contributed by atoms with Crippen LogP contribution in [-0.2, 0) is 6.54 Å². The van der Waals surface area contributed by atoms with E-state index < -0.39 is 0 Å². The van der Waals surface area contributed by atoms with Crippen molar-refractivity contribution in [2.45, 2.75) is 6.54 Å². The van der Waals surface area contributed by atoms with Crippen LogP contribution < -0.4 is 10.5 Å². The number of likely N-dealkylation sites (N-methyl/N-ethyl adjacent to an activating group) is 1. The molecule has 100 valence electrons. The number of hydrogen-bond donors (Lipinski definition) is 1. The summed E-state index contributed by atoms with van der Waals surface area (Å²) in [6.07, 6.45) is 3.62. The van der Waals surface area contributed by atoms with Crippen molar-refractivity contribution in [2.24, 2.45) is 0 Å². The first-order valence-corrected chi connectivity index (χ1v) is 6.30. The summed E-state index contributed by atoms with van der Waals surface area (Å²) in [5.41, 5.74) is 7.67. The molecule has 0 bridgehead atoms. The van der Waals surface area contributed by atoms with Crippen LogP contribution in [0.5, 0.6) is 5.75 Å². The fourth-order valence-corrected chi connectivity index (χ4v) is 1.80. The summed E-state index contributed by atoms with van der Waals surface area (Å²) < 4.78 is 5.66. The van der Waals surface area contributed by atoms with Crippen molar-refractivity contribution < 1.29 is 4.74 Å². The quantitative estimate of drug-likeness (QED) is 0.806. The van der Waals surface area contributed by atoms with Crippen LogP contribution in [0.1, 0.15) is 5.56 Å². The number of pyridine rings is 1. The fourth-order valence-electron chi connectivity index (χ4n) is 1.80. The van der Waals surface area contributed by atoms with Crippen molar-refractivity contribution in [1.82, 2.24) is 9.88 Å². The van der Waals surface area contributed by atoms with Gasteiger partial charge in [-0.1, -0.05) is 6.07 Å². The molecule has 0 unspecified atom stereocenters. The minimum Gasteiger partial charge on any atom is -0.492 e. The first-order chi connectivity index (χ1) is 9.24. The monoisotopic (exact) mass is 257 g/mol. The average Bonchev–Trinajstić information content (AvgIpc) is 2.40. The molecule has 19 heavy (non-hydrogen) atoms. The highest BCUT2D eigenvalue weighted by atomic mass is 16.5. The van der Waals surface area contributed by atoms with Crippen molar-refractivity contribution >= 4 is 5.69 Å². The first-order valence-electron chi connectivity index (χ1n) is 6.30. The van der Waals surface area contributed by atoms with Crippen LogP contribution in [0, 0.1) is 0 Å². The van der Waals surface area contributed by atoms with Gasteiger partial charge in [0.05, 0.1) is 0 Å². The minimum atomic E-state index is 0.644. The van der Waals surface area contributed by atoms with Gasteiger partial charge in [0.25, 0.3) is 0 Å². The van der Waals surface area contributed by atoms with Gasteiger partial charge in [-0.2, -0.15) is 0 Å². The number of rotatable bonds is 6. The van der Waals surface area contributed by atoms with E-state index in [0.717, 1.165) is 24.5 Å². The lowest BCUT2D eigenvalue weighted by atomic mass is 10.2. The highest BCUT2D eigenvalue weighted by Crippen LogP contribution is 2.14. The number of benzene rings is 1. The maximum atomic E-state index is 5.70. The number of nitrogens with two attached hydrogens (primary N) is 1. The molecule has 2 N–H and O–H groups in total. The Labute approximate surface area is 113 Å². The molecule has 0 aliphatic heterocycles. The van der Waals surface area contributed by atoms with E-state index in [0.29, 0.717) is 6.61 Å². The third-order valence-corrected chi connectivity index (χ3v) is 2.80. The molecule has 4 heteroatoms. The zero-order valence-electron chi connectivity index (χ0n) is 11.1. The molecule has 0 spiro atoms. The van der Waals surface area contributed by atoms with E-state index in [-0.39, 0.29) is 0 Å². The molecule has 2 aromatic rings. The summed E-state index contributed by atoms with van der Waals surface area (Å²) >= 11 is 0. The molecule has 4 nitrogen and oxygen atoms in total. The minimum absolute atomic E-state index is 0.644. The van der Waals surface area contributed by atoms with E-state index in [2.05, 4.69) is 16.9 Å². The maximum absolute atomic E-state index is 5.70. The molecule has 0 aliphatic carbocycles. The molecule has 2 rings (SSSR count). The lowest BCUT2D eigenvalue weighted by molar-refractivity contribution is 0.233. The number of hydrogen-bond acceptors (Lipinski definition) is 4. The smallest absolute Gasteiger partial charge is 0.121 e. The Morgan fingerprint density at radius 1 is 1.21 bits per heavy atom. The Morgan fingerprint density at radius 2 is 2.00 bits per heavy atom. The van der Waals surface area contributed by atoms with Crippen LogP contribution in [0.4, 0.5) is 5.69 Å². The van der Waals surface area contributed by atoms with Gasteiger partial charge in [0.2, 0.25) is 0 Å². The Hall–Kier alpha value is -2.07. The van der Waals surface area contributed by atoms with E-state index in [4.69, 9.17) is 10.5 Å². The number of nitrogens with zero attached hydrogens (tertiary/aromatic N) is 2. The molecule has 0 fully saturated rings. The zero-order chi connectivity index (χ0) is 13.5. The molecule has 1 aromatic heterocycles. The Morgan fingerprint density at radius 3 is 2.74 bits per heavy atom. The second-order valence-corrected chi connectivity index (χ2v) is 4.51. The average molecular weight is 257 g/mol. The summed E-state index contributed by atoms with van der Waals surface area (Å²) in [6.45, 7) is 2.39. The van der Waals surface area contributed by atoms with Crippen LogP contribution >= 0.6 is 0 Å². The molecule has 0 amide bonds. The van der Waals surface area contributed by atoms with Gasteiger partial charge >= 0.3 is 0 Å². The molecule has 0 saturated carbocycles. The predicted octanol–water partition coefficient (Wildman–Crippen LogP) is 2.17. The predicted molar refractivity (Wildman–Crippen MR) is 76.9 cm³/mol. The highest BCUT2D eigenvalue weighted by Gasteiger charge is 2.01. The lowest BCUT2D eigenvalue weighted by Crippen LogP contribution is -2.23. The Bertz CT molecular complexity index is 502. The summed E-state index contributed by atoms with van der Waals surface area (Å²) in [5, 5.41) is 0. The van der Waals surface area contributed by atoms with E-state index in [1.54, 1.807) is 0 Å². The SMILES string of the molecule is CN(CCOc1cccc(N)c1)Cc1ccncc1. The van der Waals surface area contributed by atoms with Gasteiger partial charge in [-0.25, -0.2) is 0 Å². The molecule has 0 saturated heterocycles. The third-order valence-electron chi connectivity index (χ3n) is 2.80. The lowest BCUT2D eigenvalue weighted by Gasteiger charge is -2.17. The van der Waals surface area contributed by atoms with Crippen molar-refractivity contribution in [2.75, 3.05) is 25.9 Å². The molecule has 1 aromatic carbocycles. The number of anilines is 1. The normalized spacial score (nSPS) is 10.6. The summed E-state index contributed by atoms with van der Waals surface area (Å²) in [5.74, 6) is 0.817. The number of ether oxygens (including phenoxy) is 1. The molecule has 0 atom stereocenters. The summed E-state index contributed by atoms with van der Waals surface area (Å²) in [4.78, 5) is 6.22. The topological polar surface area (TPSA) is 51.4 Å². The standard InChI is InChI=1S/C15H19N3O/c1-18(12-13-5-7-17-8-6-13)9-10-19-15-4-2-3-14(16)11-15/h2-8,11H,9-10,12,16H2,1H3. The molecule has 0 radical (unpaired) electrons. The van der Waals surface area contributed by atoms with Crippen LogP contribution in [0.15, 0.2) is 48.8 Å².